The number of hydrogen-bond donors (Lipinski definition) is 0. The van der Waals surface area contributed by atoms with Gasteiger partial charge in [0.2, 0.25) is 5.78 Å². The second kappa shape index (κ2) is 6.17. The van der Waals surface area contributed by atoms with Crippen LogP contribution in [0, 0.1) is 0 Å². The van der Waals surface area contributed by atoms with Crippen molar-refractivity contribution in [1.82, 2.24) is 9.78 Å². The van der Waals surface area contributed by atoms with Gasteiger partial charge in [0.25, 0.3) is 5.91 Å². The molecule has 0 saturated heterocycles. The fourth-order valence-corrected chi connectivity index (χ4v) is 2.82. The van der Waals surface area contributed by atoms with Gasteiger partial charge in [0.15, 0.2) is 0 Å². The van der Waals surface area contributed by atoms with Crippen LogP contribution in [0.1, 0.15) is 26.4 Å². The van der Waals surface area contributed by atoms with Gasteiger partial charge in [-0.25, -0.2) is 0 Å². The molecule has 4 nitrogen and oxygen atoms in total. The Kier molecular flexibility index (Phi) is 3.71. The number of carbonyl (C=O) groups is 2. The van der Waals surface area contributed by atoms with E-state index in [0.29, 0.717) is 22.0 Å². The number of rotatable bonds is 3. The number of hydrogen-bond acceptors (Lipinski definition) is 3. The van der Waals surface area contributed by atoms with Crippen LogP contribution in [-0.2, 0) is 0 Å². The van der Waals surface area contributed by atoms with E-state index in [4.69, 9.17) is 0 Å². The average molecular weight is 326 g/mol. The molecule has 0 radical (unpaired) electrons. The zero-order valence-corrected chi connectivity index (χ0v) is 13.3. The van der Waals surface area contributed by atoms with Crippen molar-refractivity contribution in [1.29, 1.82) is 0 Å². The average Bonchev–Trinajstić information content (AvgIpc) is 3.08. The van der Waals surface area contributed by atoms with Crippen LogP contribution >= 0.6 is 0 Å². The van der Waals surface area contributed by atoms with Crippen LogP contribution in [0.15, 0.2) is 84.9 Å². The van der Waals surface area contributed by atoms with Crippen molar-refractivity contribution < 1.29 is 9.59 Å². The zero-order chi connectivity index (χ0) is 17.2. The highest BCUT2D eigenvalue weighted by atomic mass is 16.2. The number of carbonyl (C=O) groups excluding carboxylic acids is 2. The fourth-order valence-electron chi connectivity index (χ4n) is 2.82. The number of para-hydroxylation sites is 1. The van der Waals surface area contributed by atoms with Crippen LogP contribution in [0.4, 0.5) is 0 Å². The van der Waals surface area contributed by atoms with E-state index in [2.05, 4.69) is 5.10 Å². The zero-order valence-electron chi connectivity index (χ0n) is 13.3. The van der Waals surface area contributed by atoms with Gasteiger partial charge in [0.05, 0.1) is 5.52 Å². The lowest BCUT2D eigenvalue weighted by atomic mass is 10.1. The van der Waals surface area contributed by atoms with Crippen LogP contribution < -0.4 is 0 Å². The highest BCUT2D eigenvalue weighted by Crippen LogP contribution is 2.22. The molecule has 120 valence electrons. The SMILES string of the molecule is O=C(c1ccccc1)c1nn(C(=O)c2ccccc2)c2ccccc12. The Bertz CT molecular complexity index is 981. The molecule has 1 aromatic heterocycles. The monoisotopic (exact) mass is 326 g/mol. The molecular formula is C21H14N2O2. The molecule has 0 aliphatic carbocycles. The Morgan fingerprint density at radius 3 is 1.92 bits per heavy atom. The Hall–Kier alpha value is -3.53. The first-order valence-corrected chi connectivity index (χ1v) is 7.93. The first kappa shape index (κ1) is 15.0. The summed E-state index contributed by atoms with van der Waals surface area (Å²) in [6.07, 6.45) is 0. The molecule has 0 bridgehead atoms. The quantitative estimate of drug-likeness (QED) is 0.536. The van der Waals surface area contributed by atoms with E-state index in [0.717, 1.165) is 0 Å². The van der Waals surface area contributed by atoms with Crippen molar-refractivity contribution in [2.75, 3.05) is 0 Å². The summed E-state index contributed by atoms with van der Waals surface area (Å²) in [7, 11) is 0. The minimum atomic E-state index is -0.260. The van der Waals surface area contributed by atoms with E-state index < -0.39 is 0 Å². The number of nitrogens with zero attached hydrogens (tertiary/aromatic N) is 2. The van der Waals surface area contributed by atoms with Gasteiger partial charge >= 0.3 is 0 Å². The molecule has 0 unspecified atom stereocenters. The van der Waals surface area contributed by atoms with Gasteiger partial charge < -0.3 is 0 Å². The molecule has 0 spiro atoms. The first-order valence-electron chi connectivity index (χ1n) is 7.93. The maximum Gasteiger partial charge on any atom is 0.278 e. The van der Waals surface area contributed by atoms with Gasteiger partial charge in [0.1, 0.15) is 5.69 Å². The van der Waals surface area contributed by atoms with Crippen LogP contribution in [0.2, 0.25) is 0 Å². The molecule has 4 aromatic rings. The maximum absolute atomic E-state index is 12.8. The predicted molar refractivity (Wildman–Crippen MR) is 95.8 cm³/mol. The van der Waals surface area contributed by atoms with Crippen LogP contribution in [-0.4, -0.2) is 21.5 Å². The topological polar surface area (TPSA) is 52.0 Å². The molecule has 0 N–H and O–H groups in total. The summed E-state index contributed by atoms with van der Waals surface area (Å²) < 4.78 is 1.31. The Labute approximate surface area is 144 Å². The standard InChI is InChI=1S/C21H14N2O2/c24-20(15-9-3-1-4-10-15)19-17-13-7-8-14-18(17)23(22-19)21(25)16-11-5-2-6-12-16/h1-14H. The summed E-state index contributed by atoms with van der Waals surface area (Å²) in [5.41, 5.74) is 1.97. The lowest BCUT2D eigenvalue weighted by Crippen LogP contribution is -2.14. The van der Waals surface area contributed by atoms with Crippen molar-refractivity contribution in [3.8, 4) is 0 Å². The molecule has 0 amide bonds. The lowest BCUT2D eigenvalue weighted by Gasteiger charge is -2.01. The van der Waals surface area contributed by atoms with E-state index in [-0.39, 0.29) is 17.4 Å². The smallest absolute Gasteiger partial charge is 0.278 e. The van der Waals surface area contributed by atoms with Crippen LogP contribution in [0.25, 0.3) is 10.9 Å². The van der Waals surface area contributed by atoms with Gasteiger partial charge in [-0.3, -0.25) is 9.59 Å². The molecule has 3 aromatic carbocycles. The molecule has 0 aliphatic rings. The Morgan fingerprint density at radius 1 is 0.680 bits per heavy atom. The molecular weight excluding hydrogens is 312 g/mol. The number of benzene rings is 3. The summed E-state index contributed by atoms with van der Waals surface area (Å²) >= 11 is 0. The van der Waals surface area contributed by atoms with Gasteiger partial charge in [-0.2, -0.15) is 9.78 Å². The minimum Gasteiger partial charge on any atom is -0.287 e. The second-order valence-electron chi connectivity index (χ2n) is 5.64. The van der Waals surface area contributed by atoms with Crippen LogP contribution in [0.3, 0.4) is 0 Å². The van der Waals surface area contributed by atoms with E-state index >= 15 is 0 Å². The normalized spacial score (nSPS) is 10.7. The molecule has 4 heteroatoms. The Morgan fingerprint density at radius 2 is 1.24 bits per heavy atom. The molecule has 0 fully saturated rings. The Balaban J connectivity index is 1.88. The molecule has 1 heterocycles. The summed E-state index contributed by atoms with van der Waals surface area (Å²) in [4.78, 5) is 25.7. The number of aromatic nitrogens is 2. The van der Waals surface area contributed by atoms with E-state index in [1.807, 2.05) is 42.5 Å². The third-order valence-corrected chi connectivity index (χ3v) is 4.05. The minimum absolute atomic E-state index is 0.198. The largest absolute Gasteiger partial charge is 0.287 e. The molecule has 0 atom stereocenters. The fraction of sp³-hybridized carbons (Fsp3) is 0. The van der Waals surface area contributed by atoms with Gasteiger partial charge in [-0.1, -0.05) is 66.7 Å². The second-order valence-corrected chi connectivity index (χ2v) is 5.64. The first-order chi connectivity index (χ1) is 12.3. The van der Waals surface area contributed by atoms with Crippen molar-refractivity contribution in [2.45, 2.75) is 0 Å². The van der Waals surface area contributed by atoms with Crippen molar-refractivity contribution >= 4 is 22.6 Å². The van der Waals surface area contributed by atoms with Crippen molar-refractivity contribution in [3.63, 3.8) is 0 Å². The molecule has 4 rings (SSSR count). The van der Waals surface area contributed by atoms with Crippen molar-refractivity contribution in [3.05, 3.63) is 102 Å². The third-order valence-electron chi connectivity index (χ3n) is 4.05. The molecule has 0 saturated carbocycles. The lowest BCUT2D eigenvalue weighted by molar-refractivity contribution is 0.0949. The highest BCUT2D eigenvalue weighted by Gasteiger charge is 2.21. The summed E-state index contributed by atoms with van der Waals surface area (Å²) in [5.74, 6) is -0.458. The highest BCUT2D eigenvalue weighted by molar-refractivity contribution is 6.16. The van der Waals surface area contributed by atoms with E-state index in [9.17, 15) is 9.59 Å². The maximum atomic E-state index is 12.8. The summed E-state index contributed by atoms with van der Waals surface area (Å²) in [5, 5.41) is 5.03. The predicted octanol–water partition coefficient (Wildman–Crippen LogP) is 3.96. The van der Waals surface area contributed by atoms with Crippen LogP contribution in [0.5, 0.6) is 0 Å². The summed E-state index contributed by atoms with van der Waals surface area (Å²) in [6, 6.07) is 25.2. The number of fused-ring (bicyclic) bond motifs is 1. The van der Waals surface area contributed by atoms with E-state index in [1.54, 1.807) is 42.5 Å². The van der Waals surface area contributed by atoms with Gasteiger partial charge in [0, 0.05) is 16.5 Å². The van der Waals surface area contributed by atoms with Gasteiger partial charge in [-0.15, -0.1) is 0 Å². The van der Waals surface area contributed by atoms with Gasteiger partial charge in [-0.05, 0) is 18.2 Å². The van der Waals surface area contributed by atoms with E-state index in [1.165, 1.54) is 4.68 Å². The number of ketones is 1. The van der Waals surface area contributed by atoms with Crippen molar-refractivity contribution in [2.24, 2.45) is 0 Å². The summed E-state index contributed by atoms with van der Waals surface area (Å²) in [6.45, 7) is 0. The molecule has 25 heavy (non-hydrogen) atoms. The molecule has 0 aliphatic heterocycles. The third kappa shape index (κ3) is 2.64.